The molecule has 1 aliphatic rings. The molecule has 0 fully saturated rings. The molecule has 2 aromatic rings. The maximum Gasteiger partial charge on any atom is 0.119 e. The third kappa shape index (κ3) is 2.49. The average Bonchev–Trinajstić information content (AvgIpc) is 2.97. The Labute approximate surface area is 112 Å². The fourth-order valence-electron chi connectivity index (χ4n) is 2.56. The zero-order valence-corrected chi connectivity index (χ0v) is 11.0. The first-order valence-electron chi connectivity index (χ1n) is 6.65. The molecule has 1 atom stereocenters. The molecule has 0 amide bonds. The molecule has 1 heterocycles. The molecule has 0 saturated carbocycles. The minimum absolute atomic E-state index is 0.294. The van der Waals surface area contributed by atoms with Gasteiger partial charge < -0.3 is 14.4 Å². The lowest BCUT2D eigenvalue weighted by Gasteiger charge is -2.10. The van der Waals surface area contributed by atoms with Gasteiger partial charge in [0.05, 0.1) is 12.6 Å². The number of ether oxygens (including phenoxy) is 1. The molecule has 100 valence electrons. The van der Waals surface area contributed by atoms with Crippen LogP contribution >= 0.6 is 0 Å². The van der Waals surface area contributed by atoms with E-state index >= 15 is 0 Å². The number of hydrogen-bond acceptors (Lipinski definition) is 3. The van der Waals surface area contributed by atoms with Crippen LogP contribution in [0.3, 0.4) is 0 Å². The lowest BCUT2D eigenvalue weighted by molar-refractivity contribution is 0.180. The summed E-state index contributed by atoms with van der Waals surface area (Å²) in [5.41, 5.74) is 2.27. The summed E-state index contributed by atoms with van der Waals surface area (Å²) in [5.74, 6) is 1.88. The summed E-state index contributed by atoms with van der Waals surface area (Å²) >= 11 is 0. The SMILES string of the molecule is Cc1nccn1CCOc1ccc2c(c1)CCC2O. The molecule has 4 nitrogen and oxygen atoms in total. The van der Waals surface area contributed by atoms with Crippen molar-refractivity contribution in [2.24, 2.45) is 0 Å². The van der Waals surface area contributed by atoms with Crippen LogP contribution in [0, 0.1) is 6.92 Å². The van der Waals surface area contributed by atoms with Crippen molar-refractivity contribution in [3.8, 4) is 5.75 Å². The molecule has 0 bridgehead atoms. The van der Waals surface area contributed by atoms with Gasteiger partial charge in [-0.25, -0.2) is 4.98 Å². The number of benzene rings is 1. The number of hydrogen-bond donors (Lipinski definition) is 1. The smallest absolute Gasteiger partial charge is 0.119 e. The highest BCUT2D eigenvalue weighted by atomic mass is 16.5. The van der Waals surface area contributed by atoms with E-state index in [9.17, 15) is 5.11 Å². The number of nitrogens with zero attached hydrogens (tertiary/aromatic N) is 2. The Morgan fingerprint density at radius 1 is 1.47 bits per heavy atom. The van der Waals surface area contributed by atoms with E-state index in [4.69, 9.17) is 4.74 Å². The van der Waals surface area contributed by atoms with Gasteiger partial charge in [-0.15, -0.1) is 0 Å². The van der Waals surface area contributed by atoms with Gasteiger partial charge in [0.15, 0.2) is 0 Å². The van der Waals surface area contributed by atoms with Crippen molar-refractivity contribution < 1.29 is 9.84 Å². The standard InChI is InChI=1S/C15H18N2O2/c1-11-16-6-7-17(11)8-9-19-13-3-4-14-12(10-13)2-5-15(14)18/h3-4,6-7,10,15,18H,2,5,8-9H2,1H3. The third-order valence-electron chi connectivity index (χ3n) is 3.69. The lowest BCUT2D eigenvalue weighted by Crippen LogP contribution is -2.08. The van der Waals surface area contributed by atoms with Gasteiger partial charge in [-0.1, -0.05) is 6.07 Å². The van der Waals surface area contributed by atoms with Crippen LogP contribution in [0.5, 0.6) is 5.75 Å². The molecule has 1 aromatic carbocycles. The summed E-state index contributed by atoms with van der Waals surface area (Å²) in [4.78, 5) is 4.18. The molecule has 0 aliphatic heterocycles. The van der Waals surface area contributed by atoms with E-state index in [1.54, 1.807) is 6.20 Å². The van der Waals surface area contributed by atoms with Crippen LogP contribution in [0.1, 0.15) is 29.5 Å². The maximum absolute atomic E-state index is 9.75. The van der Waals surface area contributed by atoms with Gasteiger partial charge in [0.2, 0.25) is 0 Å². The molecular formula is C15H18N2O2. The fraction of sp³-hybridized carbons (Fsp3) is 0.400. The predicted octanol–water partition coefficient (Wildman–Crippen LogP) is 2.25. The van der Waals surface area contributed by atoms with Crippen LogP contribution in [0.2, 0.25) is 0 Å². The summed E-state index contributed by atoms with van der Waals surface area (Å²) in [6.45, 7) is 3.40. The van der Waals surface area contributed by atoms with Gasteiger partial charge in [-0.2, -0.15) is 0 Å². The molecule has 1 unspecified atom stereocenters. The molecular weight excluding hydrogens is 240 g/mol. The van der Waals surface area contributed by atoms with Gasteiger partial charge in [-0.05, 0) is 43.0 Å². The summed E-state index contributed by atoms with van der Waals surface area (Å²) in [5, 5.41) is 9.75. The van der Waals surface area contributed by atoms with Crippen molar-refractivity contribution in [2.45, 2.75) is 32.4 Å². The molecule has 4 heteroatoms. The number of aliphatic hydroxyl groups excluding tert-OH is 1. The van der Waals surface area contributed by atoms with E-state index in [-0.39, 0.29) is 6.10 Å². The topological polar surface area (TPSA) is 47.3 Å². The van der Waals surface area contributed by atoms with Crippen molar-refractivity contribution in [3.05, 3.63) is 47.5 Å². The van der Waals surface area contributed by atoms with Crippen LogP contribution in [0.15, 0.2) is 30.6 Å². The second kappa shape index (κ2) is 5.05. The maximum atomic E-state index is 9.75. The van der Waals surface area contributed by atoms with Gasteiger partial charge >= 0.3 is 0 Å². The number of aliphatic hydroxyl groups is 1. The molecule has 3 rings (SSSR count). The highest BCUT2D eigenvalue weighted by Crippen LogP contribution is 2.33. The second-order valence-electron chi connectivity index (χ2n) is 4.93. The normalized spacial score (nSPS) is 17.5. The Balaban J connectivity index is 1.60. The van der Waals surface area contributed by atoms with Crippen molar-refractivity contribution in [2.75, 3.05) is 6.61 Å². The number of rotatable bonds is 4. The molecule has 1 aliphatic carbocycles. The quantitative estimate of drug-likeness (QED) is 0.915. The van der Waals surface area contributed by atoms with Crippen molar-refractivity contribution in [1.82, 2.24) is 9.55 Å². The van der Waals surface area contributed by atoms with E-state index in [2.05, 4.69) is 9.55 Å². The first-order valence-corrected chi connectivity index (χ1v) is 6.65. The molecule has 0 radical (unpaired) electrons. The van der Waals surface area contributed by atoms with E-state index in [1.165, 1.54) is 5.56 Å². The summed E-state index contributed by atoms with van der Waals surface area (Å²) in [7, 11) is 0. The van der Waals surface area contributed by atoms with Crippen LogP contribution in [-0.2, 0) is 13.0 Å². The van der Waals surface area contributed by atoms with Gasteiger partial charge in [0.25, 0.3) is 0 Å². The van der Waals surface area contributed by atoms with Crippen molar-refractivity contribution in [1.29, 1.82) is 0 Å². The van der Waals surface area contributed by atoms with E-state index in [0.717, 1.165) is 36.5 Å². The lowest BCUT2D eigenvalue weighted by atomic mass is 10.1. The van der Waals surface area contributed by atoms with Crippen LogP contribution in [0.25, 0.3) is 0 Å². The van der Waals surface area contributed by atoms with Crippen molar-refractivity contribution in [3.63, 3.8) is 0 Å². The third-order valence-corrected chi connectivity index (χ3v) is 3.69. The van der Waals surface area contributed by atoms with Gasteiger partial charge in [-0.3, -0.25) is 0 Å². The minimum atomic E-state index is -0.294. The van der Waals surface area contributed by atoms with Crippen molar-refractivity contribution >= 4 is 0 Å². The largest absolute Gasteiger partial charge is 0.492 e. The number of aromatic nitrogens is 2. The van der Waals surface area contributed by atoms with Gasteiger partial charge in [0.1, 0.15) is 18.2 Å². The predicted molar refractivity (Wildman–Crippen MR) is 72.2 cm³/mol. The summed E-state index contributed by atoms with van der Waals surface area (Å²) in [6.07, 6.45) is 5.23. The Hall–Kier alpha value is -1.81. The highest BCUT2D eigenvalue weighted by Gasteiger charge is 2.20. The molecule has 0 spiro atoms. The first-order chi connectivity index (χ1) is 9.24. The number of aryl methyl sites for hydroxylation is 2. The van der Waals surface area contributed by atoms with E-state index < -0.39 is 0 Å². The van der Waals surface area contributed by atoms with E-state index in [0.29, 0.717) is 6.61 Å². The fourth-order valence-corrected chi connectivity index (χ4v) is 2.56. The minimum Gasteiger partial charge on any atom is -0.492 e. The summed E-state index contributed by atoms with van der Waals surface area (Å²) < 4.78 is 7.83. The zero-order chi connectivity index (χ0) is 13.2. The monoisotopic (exact) mass is 258 g/mol. The molecule has 19 heavy (non-hydrogen) atoms. The molecule has 1 aromatic heterocycles. The Morgan fingerprint density at radius 2 is 2.37 bits per heavy atom. The zero-order valence-electron chi connectivity index (χ0n) is 11.0. The number of fused-ring (bicyclic) bond motifs is 1. The Bertz CT molecular complexity index is 577. The Morgan fingerprint density at radius 3 is 3.16 bits per heavy atom. The highest BCUT2D eigenvalue weighted by molar-refractivity contribution is 5.39. The van der Waals surface area contributed by atoms with Gasteiger partial charge in [0, 0.05) is 12.4 Å². The van der Waals surface area contributed by atoms with E-state index in [1.807, 2.05) is 31.3 Å². The average molecular weight is 258 g/mol. The summed E-state index contributed by atoms with van der Waals surface area (Å²) in [6, 6.07) is 5.96. The van der Waals surface area contributed by atoms with Crippen LogP contribution in [-0.4, -0.2) is 21.3 Å². The Kier molecular flexibility index (Phi) is 3.25. The van der Waals surface area contributed by atoms with Crippen LogP contribution < -0.4 is 4.74 Å². The number of imidazole rings is 1. The first kappa shape index (κ1) is 12.2. The molecule has 0 saturated heterocycles. The van der Waals surface area contributed by atoms with Crippen LogP contribution in [0.4, 0.5) is 0 Å². The molecule has 1 N–H and O–H groups in total. The second-order valence-corrected chi connectivity index (χ2v) is 4.93.